The molecule has 1 saturated heterocycles. The lowest BCUT2D eigenvalue weighted by Gasteiger charge is -2.12. The molecule has 1 aliphatic rings. The van der Waals surface area contributed by atoms with Crippen molar-refractivity contribution in [1.82, 2.24) is 0 Å². The molecule has 0 N–H and O–H groups in total. The summed E-state index contributed by atoms with van der Waals surface area (Å²) in [6.45, 7) is 0. The van der Waals surface area contributed by atoms with Crippen LogP contribution in [0, 0.1) is 0 Å². The molecule has 0 radical (unpaired) electrons. The zero-order chi connectivity index (χ0) is 18.0. The number of anilines is 1. The minimum absolute atomic E-state index is 0.331. The van der Waals surface area contributed by atoms with Gasteiger partial charge in [-0.2, -0.15) is 0 Å². The Kier molecular flexibility index (Phi) is 5.01. The molecular weight excluding hydrogens is 362 g/mol. The average Bonchev–Trinajstić information content (AvgIpc) is 2.88. The van der Waals surface area contributed by atoms with Gasteiger partial charge >= 0.3 is 0 Å². The Morgan fingerprint density at radius 1 is 1.04 bits per heavy atom. The maximum absolute atomic E-state index is 12.6. The van der Waals surface area contributed by atoms with Crippen molar-refractivity contribution in [3.8, 4) is 11.5 Å². The van der Waals surface area contributed by atoms with Crippen molar-refractivity contribution in [2.24, 2.45) is 0 Å². The van der Waals surface area contributed by atoms with Gasteiger partial charge in [0.05, 0.1) is 24.8 Å². The molecule has 2 aromatic rings. The van der Waals surface area contributed by atoms with Crippen molar-refractivity contribution in [2.75, 3.05) is 19.1 Å². The zero-order valence-electron chi connectivity index (χ0n) is 13.5. The lowest BCUT2D eigenvalue weighted by molar-refractivity contribution is -0.113. The van der Waals surface area contributed by atoms with E-state index >= 15 is 0 Å². The standard InChI is InChI=1S/C18H14ClNO4S/c1-23-14-7-6-11(8-15(14)24-2)9-16-17(21)20(18(22)25-16)13-5-3-4-12(19)10-13/h3-10H,1-2H3/b16-9+. The molecule has 0 aliphatic carbocycles. The largest absolute Gasteiger partial charge is 0.493 e. The summed E-state index contributed by atoms with van der Waals surface area (Å²) >= 11 is 6.83. The summed E-state index contributed by atoms with van der Waals surface area (Å²) in [5, 5.41) is 0.0967. The van der Waals surface area contributed by atoms with Crippen molar-refractivity contribution in [3.63, 3.8) is 0 Å². The number of halogens is 1. The quantitative estimate of drug-likeness (QED) is 0.731. The van der Waals surface area contributed by atoms with Gasteiger partial charge in [0, 0.05) is 5.02 Å². The summed E-state index contributed by atoms with van der Waals surface area (Å²) in [5.41, 5.74) is 1.18. The molecule has 0 bridgehead atoms. The molecule has 0 unspecified atom stereocenters. The first-order valence-corrected chi connectivity index (χ1v) is 8.48. The fraction of sp³-hybridized carbons (Fsp3) is 0.111. The van der Waals surface area contributed by atoms with Gasteiger partial charge in [0.1, 0.15) is 0 Å². The number of thioether (sulfide) groups is 1. The summed E-state index contributed by atoms with van der Waals surface area (Å²) in [4.78, 5) is 26.3. The fourth-order valence-corrected chi connectivity index (χ4v) is 3.43. The molecule has 25 heavy (non-hydrogen) atoms. The molecule has 3 rings (SSSR count). The monoisotopic (exact) mass is 375 g/mol. The van der Waals surface area contributed by atoms with Gasteiger partial charge in [0.15, 0.2) is 11.5 Å². The number of hydrogen-bond acceptors (Lipinski definition) is 5. The molecule has 5 nitrogen and oxygen atoms in total. The highest BCUT2D eigenvalue weighted by Gasteiger charge is 2.36. The second-order valence-electron chi connectivity index (χ2n) is 5.11. The third kappa shape index (κ3) is 3.50. The molecule has 2 amide bonds. The average molecular weight is 376 g/mol. The van der Waals surface area contributed by atoms with Gasteiger partial charge in [0.25, 0.3) is 11.1 Å². The van der Waals surface area contributed by atoms with Gasteiger partial charge in [-0.05, 0) is 53.7 Å². The molecule has 0 spiro atoms. The van der Waals surface area contributed by atoms with Crippen molar-refractivity contribution in [1.29, 1.82) is 0 Å². The first-order chi connectivity index (χ1) is 12.0. The van der Waals surface area contributed by atoms with Crippen LogP contribution in [0.1, 0.15) is 5.56 Å². The first kappa shape index (κ1) is 17.4. The van der Waals surface area contributed by atoms with Crippen LogP contribution in [0.4, 0.5) is 10.5 Å². The van der Waals surface area contributed by atoms with Crippen molar-refractivity contribution in [2.45, 2.75) is 0 Å². The van der Waals surface area contributed by atoms with E-state index in [1.54, 1.807) is 55.7 Å². The fourth-order valence-electron chi connectivity index (χ4n) is 2.40. The van der Waals surface area contributed by atoms with Crippen molar-refractivity contribution < 1.29 is 19.1 Å². The van der Waals surface area contributed by atoms with Gasteiger partial charge in [-0.1, -0.05) is 23.7 Å². The molecule has 7 heteroatoms. The number of benzene rings is 2. The van der Waals surface area contributed by atoms with Gasteiger partial charge in [-0.15, -0.1) is 0 Å². The maximum Gasteiger partial charge on any atom is 0.298 e. The van der Waals surface area contributed by atoms with Gasteiger partial charge in [-0.25, -0.2) is 4.90 Å². The Labute approximate surface area is 154 Å². The Morgan fingerprint density at radius 2 is 1.80 bits per heavy atom. The summed E-state index contributed by atoms with van der Waals surface area (Å²) in [7, 11) is 3.09. The molecule has 0 atom stereocenters. The summed E-state index contributed by atoms with van der Waals surface area (Å²) in [6.07, 6.45) is 1.65. The highest BCUT2D eigenvalue weighted by Crippen LogP contribution is 2.37. The van der Waals surface area contributed by atoms with Crippen LogP contribution >= 0.6 is 23.4 Å². The lowest BCUT2D eigenvalue weighted by Crippen LogP contribution is -2.27. The normalized spacial score (nSPS) is 15.8. The second-order valence-corrected chi connectivity index (χ2v) is 6.54. The van der Waals surface area contributed by atoms with Crippen LogP contribution in [-0.2, 0) is 4.79 Å². The Hall–Kier alpha value is -2.44. The SMILES string of the molecule is COc1ccc(/C=C2/SC(=O)N(c3cccc(Cl)c3)C2=O)cc1OC. The number of imide groups is 1. The van der Waals surface area contributed by atoms with Crippen LogP contribution < -0.4 is 14.4 Å². The molecule has 1 aliphatic heterocycles. The number of ether oxygens (including phenoxy) is 2. The van der Waals surface area contributed by atoms with Crippen LogP contribution in [0.5, 0.6) is 11.5 Å². The number of carbonyl (C=O) groups is 2. The van der Waals surface area contributed by atoms with Crippen LogP contribution in [-0.4, -0.2) is 25.4 Å². The molecule has 0 saturated carbocycles. The minimum atomic E-state index is -0.382. The van der Waals surface area contributed by atoms with Gasteiger partial charge in [-0.3, -0.25) is 9.59 Å². The van der Waals surface area contributed by atoms with E-state index in [1.165, 1.54) is 7.11 Å². The Balaban J connectivity index is 1.93. The van der Waals surface area contributed by atoms with Crippen molar-refractivity contribution >= 4 is 46.3 Å². The number of nitrogens with zero attached hydrogens (tertiary/aromatic N) is 1. The second kappa shape index (κ2) is 7.21. The van der Waals surface area contributed by atoms with Crippen LogP contribution in [0.25, 0.3) is 6.08 Å². The van der Waals surface area contributed by atoms with E-state index in [0.29, 0.717) is 27.1 Å². The smallest absolute Gasteiger partial charge is 0.298 e. The lowest BCUT2D eigenvalue weighted by atomic mass is 10.2. The van der Waals surface area contributed by atoms with Crippen LogP contribution in [0.2, 0.25) is 5.02 Å². The Morgan fingerprint density at radius 3 is 2.48 bits per heavy atom. The number of rotatable bonds is 4. The van der Waals surface area contributed by atoms with E-state index in [4.69, 9.17) is 21.1 Å². The molecular formula is C18H14ClNO4S. The molecule has 1 fully saturated rings. The minimum Gasteiger partial charge on any atom is -0.493 e. The van der Waals surface area contributed by atoms with Crippen molar-refractivity contribution in [3.05, 3.63) is 58.0 Å². The summed E-state index contributed by atoms with van der Waals surface area (Å²) in [6, 6.07) is 11.9. The van der Waals surface area contributed by atoms with Crippen LogP contribution in [0.15, 0.2) is 47.4 Å². The predicted octanol–water partition coefficient (Wildman–Crippen LogP) is 4.60. The van der Waals surface area contributed by atoms with Gasteiger partial charge < -0.3 is 9.47 Å². The highest BCUT2D eigenvalue weighted by atomic mass is 35.5. The van der Waals surface area contributed by atoms with E-state index in [0.717, 1.165) is 22.2 Å². The van der Waals surface area contributed by atoms with E-state index in [9.17, 15) is 9.59 Å². The maximum atomic E-state index is 12.6. The third-order valence-electron chi connectivity index (χ3n) is 3.57. The highest BCUT2D eigenvalue weighted by molar-refractivity contribution is 8.19. The summed E-state index contributed by atoms with van der Waals surface area (Å²) in [5.74, 6) is 0.754. The molecule has 128 valence electrons. The van der Waals surface area contributed by atoms with Gasteiger partial charge in [0.2, 0.25) is 0 Å². The predicted molar refractivity (Wildman–Crippen MR) is 99.4 cm³/mol. The molecule has 0 aromatic heterocycles. The number of hydrogen-bond donors (Lipinski definition) is 0. The first-order valence-electron chi connectivity index (χ1n) is 7.29. The van der Waals surface area contributed by atoms with E-state index in [2.05, 4.69) is 0 Å². The molecule has 2 aromatic carbocycles. The summed E-state index contributed by atoms with van der Waals surface area (Å²) < 4.78 is 10.4. The number of amides is 2. The third-order valence-corrected chi connectivity index (χ3v) is 4.67. The zero-order valence-corrected chi connectivity index (χ0v) is 15.1. The molecule has 1 heterocycles. The number of methoxy groups -OCH3 is 2. The van der Waals surface area contributed by atoms with E-state index in [1.807, 2.05) is 0 Å². The van der Waals surface area contributed by atoms with E-state index < -0.39 is 0 Å². The van der Waals surface area contributed by atoms with E-state index in [-0.39, 0.29) is 11.1 Å². The van der Waals surface area contributed by atoms with Crippen LogP contribution in [0.3, 0.4) is 0 Å². The topological polar surface area (TPSA) is 55.8 Å². The Bertz CT molecular complexity index is 881. The number of carbonyl (C=O) groups excluding carboxylic acids is 2.